The van der Waals surface area contributed by atoms with Crippen molar-refractivity contribution >= 4 is 5.69 Å². The van der Waals surface area contributed by atoms with Gasteiger partial charge < -0.3 is 14.4 Å². The smallest absolute Gasteiger partial charge is 0.169 e. The highest BCUT2D eigenvalue weighted by molar-refractivity contribution is 5.60. The van der Waals surface area contributed by atoms with Gasteiger partial charge in [0, 0.05) is 13.1 Å². The summed E-state index contributed by atoms with van der Waals surface area (Å²) in [6.45, 7) is 2.21. The third-order valence-corrected chi connectivity index (χ3v) is 3.60. The van der Waals surface area contributed by atoms with E-state index in [1.54, 1.807) is 7.11 Å². The predicted octanol–water partition coefficient (Wildman–Crippen LogP) is 4.09. The maximum absolute atomic E-state index is 6.08. The van der Waals surface area contributed by atoms with Crippen LogP contribution in [0.3, 0.4) is 0 Å². The standard InChI is InChI=1S/C17H19NO2/c1-19-16-10-4-5-11-17(16)20-15-9-3-2-8-14(15)18-12-6-7-13-18/h2-5,8-11H,6-7,12-13H2,1H3. The molecule has 0 aliphatic carbocycles. The van der Waals surface area contributed by atoms with E-state index in [1.165, 1.54) is 12.8 Å². The lowest BCUT2D eigenvalue weighted by molar-refractivity contribution is 0.379. The van der Waals surface area contributed by atoms with Gasteiger partial charge in [-0.3, -0.25) is 0 Å². The van der Waals surface area contributed by atoms with Gasteiger partial charge in [-0.25, -0.2) is 0 Å². The third kappa shape index (κ3) is 2.57. The molecule has 0 radical (unpaired) electrons. The van der Waals surface area contributed by atoms with E-state index in [1.807, 2.05) is 36.4 Å². The zero-order chi connectivity index (χ0) is 13.8. The SMILES string of the molecule is COc1ccccc1Oc1ccccc1N1CCCC1. The van der Waals surface area contributed by atoms with Gasteiger partial charge in [-0.2, -0.15) is 0 Å². The molecule has 0 N–H and O–H groups in total. The van der Waals surface area contributed by atoms with Gasteiger partial charge in [0.25, 0.3) is 0 Å². The summed E-state index contributed by atoms with van der Waals surface area (Å²) >= 11 is 0. The molecule has 1 aliphatic heterocycles. The quantitative estimate of drug-likeness (QED) is 0.834. The molecule has 0 aromatic heterocycles. The molecule has 0 atom stereocenters. The first-order chi connectivity index (χ1) is 9.88. The van der Waals surface area contributed by atoms with E-state index in [2.05, 4.69) is 17.0 Å². The molecule has 2 aromatic carbocycles. The minimum Gasteiger partial charge on any atom is -0.493 e. The first-order valence-corrected chi connectivity index (χ1v) is 7.03. The molecule has 1 fully saturated rings. The molecule has 1 heterocycles. The van der Waals surface area contributed by atoms with Crippen LogP contribution in [0.4, 0.5) is 5.69 Å². The van der Waals surface area contributed by atoms with Crippen LogP contribution in [0.25, 0.3) is 0 Å². The Morgan fingerprint density at radius 3 is 2.10 bits per heavy atom. The predicted molar refractivity (Wildman–Crippen MR) is 81.0 cm³/mol. The van der Waals surface area contributed by atoms with E-state index >= 15 is 0 Å². The van der Waals surface area contributed by atoms with E-state index < -0.39 is 0 Å². The molecule has 0 amide bonds. The zero-order valence-corrected chi connectivity index (χ0v) is 11.7. The van der Waals surface area contributed by atoms with Crippen LogP contribution in [0, 0.1) is 0 Å². The third-order valence-electron chi connectivity index (χ3n) is 3.60. The molecule has 0 saturated carbocycles. The molecule has 20 heavy (non-hydrogen) atoms. The lowest BCUT2D eigenvalue weighted by Crippen LogP contribution is -2.18. The number of methoxy groups -OCH3 is 1. The largest absolute Gasteiger partial charge is 0.493 e. The average molecular weight is 269 g/mol. The average Bonchev–Trinajstić information content (AvgIpc) is 3.02. The molecule has 3 nitrogen and oxygen atoms in total. The van der Waals surface area contributed by atoms with Crippen molar-refractivity contribution in [2.45, 2.75) is 12.8 Å². The number of hydrogen-bond acceptors (Lipinski definition) is 3. The fourth-order valence-corrected chi connectivity index (χ4v) is 2.58. The van der Waals surface area contributed by atoms with Crippen LogP contribution in [0.15, 0.2) is 48.5 Å². The van der Waals surface area contributed by atoms with Crippen molar-refractivity contribution in [3.63, 3.8) is 0 Å². The van der Waals surface area contributed by atoms with Crippen molar-refractivity contribution < 1.29 is 9.47 Å². The highest BCUT2D eigenvalue weighted by Gasteiger charge is 2.17. The molecule has 3 heteroatoms. The molecule has 104 valence electrons. The Labute approximate surface area is 119 Å². The maximum atomic E-state index is 6.08. The summed E-state index contributed by atoms with van der Waals surface area (Å²) in [5.74, 6) is 2.39. The Morgan fingerprint density at radius 1 is 0.800 bits per heavy atom. The van der Waals surface area contributed by atoms with Gasteiger partial charge in [0.1, 0.15) is 0 Å². The number of ether oxygens (including phenoxy) is 2. The van der Waals surface area contributed by atoms with Gasteiger partial charge in [0.15, 0.2) is 17.2 Å². The van der Waals surface area contributed by atoms with Crippen LogP contribution in [0.1, 0.15) is 12.8 Å². The van der Waals surface area contributed by atoms with Crippen LogP contribution in [0.2, 0.25) is 0 Å². The molecule has 0 unspecified atom stereocenters. The fourth-order valence-electron chi connectivity index (χ4n) is 2.58. The second-order valence-electron chi connectivity index (χ2n) is 4.91. The van der Waals surface area contributed by atoms with E-state index in [0.29, 0.717) is 0 Å². The Kier molecular flexibility index (Phi) is 3.77. The Morgan fingerprint density at radius 2 is 1.40 bits per heavy atom. The highest BCUT2D eigenvalue weighted by Crippen LogP contribution is 2.37. The molecule has 3 rings (SSSR count). The normalized spacial score (nSPS) is 14.3. The second-order valence-corrected chi connectivity index (χ2v) is 4.91. The highest BCUT2D eigenvalue weighted by atomic mass is 16.5. The van der Waals surface area contributed by atoms with Gasteiger partial charge in [0.2, 0.25) is 0 Å². The van der Waals surface area contributed by atoms with E-state index in [-0.39, 0.29) is 0 Å². The van der Waals surface area contributed by atoms with Crippen LogP contribution in [0.5, 0.6) is 17.2 Å². The molecule has 2 aromatic rings. The number of nitrogens with zero attached hydrogens (tertiary/aromatic N) is 1. The number of para-hydroxylation sites is 4. The number of rotatable bonds is 4. The van der Waals surface area contributed by atoms with Crippen LogP contribution < -0.4 is 14.4 Å². The molecule has 1 saturated heterocycles. The van der Waals surface area contributed by atoms with Crippen molar-refractivity contribution in [2.75, 3.05) is 25.1 Å². The molecule has 0 bridgehead atoms. The first kappa shape index (κ1) is 12.9. The van der Waals surface area contributed by atoms with Gasteiger partial charge in [-0.1, -0.05) is 24.3 Å². The van der Waals surface area contributed by atoms with Crippen LogP contribution in [-0.2, 0) is 0 Å². The van der Waals surface area contributed by atoms with Gasteiger partial charge in [-0.15, -0.1) is 0 Å². The minimum absolute atomic E-state index is 0.752. The van der Waals surface area contributed by atoms with E-state index in [9.17, 15) is 0 Å². The molecular formula is C17H19NO2. The monoisotopic (exact) mass is 269 g/mol. The Balaban J connectivity index is 1.90. The summed E-state index contributed by atoms with van der Waals surface area (Å²) in [6, 6.07) is 15.9. The van der Waals surface area contributed by atoms with Crippen molar-refractivity contribution in [3.05, 3.63) is 48.5 Å². The summed E-state index contributed by atoms with van der Waals surface area (Å²) in [6.07, 6.45) is 2.51. The molecule has 0 spiro atoms. The van der Waals surface area contributed by atoms with Crippen molar-refractivity contribution in [1.82, 2.24) is 0 Å². The van der Waals surface area contributed by atoms with Crippen LogP contribution >= 0.6 is 0 Å². The lowest BCUT2D eigenvalue weighted by Gasteiger charge is -2.21. The second kappa shape index (κ2) is 5.87. The number of benzene rings is 2. The zero-order valence-electron chi connectivity index (χ0n) is 11.7. The lowest BCUT2D eigenvalue weighted by atomic mass is 10.2. The molecular weight excluding hydrogens is 250 g/mol. The maximum Gasteiger partial charge on any atom is 0.169 e. The Hall–Kier alpha value is -2.16. The Bertz CT molecular complexity index is 577. The summed E-state index contributed by atoms with van der Waals surface area (Å²) in [7, 11) is 1.66. The van der Waals surface area contributed by atoms with Crippen molar-refractivity contribution in [2.24, 2.45) is 0 Å². The number of hydrogen-bond donors (Lipinski definition) is 0. The van der Waals surface area contributed by atoms with Gasteiger partial charge in [-0.05, 0) is 37.1 Å². The van der Waals surface area contributed by atoms with Gasteiger partial charge in [0.05, 0.1) is 12.8 Å². The first-order valence-electron chi connectivity index (χ1n) is 7.03. The fraction of sp³-hybridized carbons (Fsp3) is 0.294. The summed E-state index contributed by atoms with van der Waals surface area (Å²) in [5.41, 5.74) is 1.16. The van der Waals surface area contributed by atoms with Crippen LogP contribution in [-0.4, -0.2) is 20.2 Å². The van der Waals surface area contributed by atoms with E-state index in [0.717, 1.165) is 36.0 Å². The summed E-state index contributed by atoms with van der Waals surface area (Å²) in [5, 5.41) is 0. The van der Waals surface area contributed by atoms with E-state index in [4.69, 9.17) is 9.47 Å². The van der Waals surface area contributed by atoms with Crippen molar-refractivity contribution in [1.29, 1.82) is 0 Å². The number of anilines is 1. The van der Waals surface area contributed by atoms with Crippen molar-refractivity contribution in [3.8, 4) is 17.2 Å². The minimum atomic E-state index is 0.752. The summed E-state index contributed by atoms with van der Waals surface area (Å²) < 4.78 is 11.4. The van der Waals surface area contributed by atoms with Gasteiger partial charge >= 0.3 is 0 Å². The topological polar surface area (TPSA) is 21.7 Å². The molecule has 1 aliphatic rings. The summed E-state index contributed by atoms with van der Waals surface area (Å²) in [4.78, 5) is 2.38.